The number of hydrogen-bond donors (Lipinski definition) is 1. The number of hydrogen-bond acceptors (Lipinski definition) is 4. The van der Waals surface area contributed by atoms with E-state index in [2.05, 4.69) is 10.3 Å². The second-order valence-electron chi connectivity index (χ2n) is 7.55. The fourth-order valence-corrected chi connectivity index (χ4v) is 4.28. The van der Waals surface area contributed by atoms with Crippen molar-refractivity contribution in [2.75, 3.05) is 12.4 Å². The number of anilines is 1. The van der Waals surface area contributed by atoms with Crippen molar-refractivity contribution >= 4 is 28.6 Å². The number of carbonyl (C=O) groups excluding carboxylic acids is 2. The molecule has 4 rings (SSSR count). The van der Waals surface area contributed by atoms with E-state index in [-0.39, 0.29) is 17.9 Å². The van der Waals surface area contributed by atoms with E-state index in [1.807, 2.05) is 28.8 Å². The first-order valence-electron chi connectivity index (χ1n) is 10.1. The first-order chi connectivity index (χ1) is 14.2. The Labute approximate surface area is 169 Å². The number of para-hydroxylation sites is 2. The van der Waals surface area contributed by atoms with Crippen LogP contribution in [0.2, 0.25) is 0 Å². The van der Waals surface area contributed by atoms with Gasteiger partial charge in [0, 0.05) is 5.69 Å². The molecule has 3 aromatic rings. The summed E-state index contributed by atoms with van der Waals surface area (Å²) in [5.41, 5.74) is 2.84. The second kappa shape index (κ2) is 8.47. The Bertz CT molecular complexity index is 1020. The van der Waals surface area contributed by atoms with Crippen molar-refractivity contribution in [3.05, 3.63) is 60.4 Å². The summed E-state index contributed by atoms with van der Waals surface area (Å²) in [4.78, 5) is 29.7. The monoisotopic (exact) mass is 391 g/mol. The predicted octanol–water partition coefficient (Wildman–Crippen LogP) is 4.58. The summed E-state index contributed by atoms with van der Waals surface area (Å²) in [5, 5.41) is 3.02. The van der Waals surface area contributed by atoms with Gasteiger partial charge in [0.05, 0.1) is 30.0 Å². The minimum atomic E-state index is -0.425. The Kier molecular flexibility index (Phi) is 5.60. The van der Waals surface area contributed by atoms with E-state index in [9.17, 15) is 9.59 Å². The molecule has 0 bridgehead atoms. The molecule has 0 radical (unpaired) electrons. The number of ether oxygens (including phenoxy) is 1. The van der Waals surface area contributed by atoms with Crippen LogP contribution in [0, 0.1) is 5.92 Å². The van der Waals surface area contributed by atoms with E-state index in [1.165, 1.54) is 13.5 Å². The maximum Gasteiger partial charge on any atom is 0.337 e. The smallest absolute Gasteiger partial charge is 0.337 e. The summed E-state index contributed by atoms with van der Waals surface area (Å²) in [5.74, 6) is -0.252. The third kappa shape index (κ3) is 4.01. The predicted molar refractivity (Wildman–Crippen MR) is 112 cm³/mol. The van der Waals surface area contributed by atoms with Crippen molar-refractivity contribution in [1.29, 1.82) is 0 Å². The SMILES string of the molecule is COC(=O)c1cccc(NC(=O)C(C2CCCCC2)n2cnc3ccccc32)c1. The van der Waals surface area contributed by atoms with Crippen molar-refractivity contribution in [2.24, 2.45) is 5.92 Å². The minimum Gasteiger partial charge on any atom is -0.465 e. The zero-order valence-electron chi connectivity index (χ0n) is 16.5. The Hall–Kier alpha value is -3.15. The van der Waals surface area contributed by atoms with E-state index in [0.29, 0.717) is 11.3 Å². The molecule has 6 nitrogen and oxygen atoms in total. The van der Waals surface area contributed by atoms with Gasteiger partial charge in [-0.05, 0) is 49.1 Å². The lowest BCUT2D eigenvalue weighted by Gasteiger charge is -2.30. The number of nitrogens with one attached hydrogen (secondary N) is 1. The van der Waals surface area contributed by atoms with Crippen LogP contribution in [0.5, 0.6) is 0 Å². The first-order valence-corrected chi connectivity index (χ1v) is 10.1. The molecule has 1 atom stereocenters. The summed E-state index contributed by atoms with van der Waals surface area (Å²) in [7, 11) is 1.34. The van der Waals surface area contributed by atoms with Crippen molar-refractivity contribution in [3.63, 3.8) is 0 Å². The Balaban J connectivity index is 1.66. The second-order valence-corrected chi connectivity index (χ2v) is 7.55. The van der Waals surface area contributed by atoms with Crippen molar-refractivity contribution in [1.82, 2.24) is 9.55 Å². The van der Waals surface area contributed by atoms with Crippen LogP contribution in [0.4, 0.5) is 5.69 Å². The molecular formula is C23H25N3O3. The standard InChI is InChI=1S/C23H25N3O3/c1-29-23(28)17-10-7-11-18(14-17)25-22(27)21(16-8-3-2-4-9-16)26-15-24-19-12-5-6-13-20(19)26/h5-7,10-16,21H,2-4,8-9H2,1H3,(H,25,27). The van der Waals surface area contributed by atoms with E-state index >= 15 is 0 Å². The summed E-state index contributed by atoms with van der Waals surface area (Å²) in [6, 6.07) is 14.4. The number of imidazole rings is 1. The number of esters is 1. The molecule has 1 amide bonds. The number of benzene rings is 2. The minimum absolute atomic E-state index is 0.0814. The summed E-state index contributed by atoms with van der Waals surface area (Å²) < 4.78 is 6.79. The number of carbonyl (C=O) groups is 2. The third-order valence-electron chi connectivity index (χ3n) is 5.70. The molecule has 29 heavy (non-hydrogen) atoms. The molecule has 1 heterocycles. The highest BCUT2D eigenvalue weighted by atomic mass is 16.5. The fourth-order valence-electron chi connectivity index (χ4n) is 4.28. The molecule has 2 aromatic carbocycles. The lowest BCUT2D eigenvalue weighted by molar-refractivity contribution is -0.121. The number of fused-ring (bicyclic) bond motifs is 1. The van der Waals surface area contributed by atoms with E-state index in [4.69, 9.17) is 4.74 Å². The van der Waals surface area contributed by atoms with E-state index < -0.39 is 5.97 Å². The zero-order valence-corrected chi connectivity index (χ0v) is 16.5. The first kappa shape index (κ1) is 19.2. The summed E-state index contributed by atoms with van der Waals surface area (Å²) >= 11 is 0. The Morgan fingerprint density at radius 3 is 2.69 bits per heavy atom. The van der Waals surface area contributed by atoms with Crippen LogP contribution >= 0.6 is 0 Å². The molecule has 1 aliphatic carbocycles. The van der Waals surface area contributed by atoms with Gasteiger partial charge in [-0.3, -0.25) is 4.79 Å². The quantitative estimate of drug-likeness (QED) is 0.646. The van der Waals surface area contributed by atoms with Crippen molar-refractivity contribution in [3.8, 4) is 0 Å². The van der Waals surface area contributed by atoms with Gasteiger partial charge >= 0.3 is 5.97 Å². The van der Waals surface area contributed by atoms with Crippen LogP contribution in [-0.2, 0) is 9.53 Å². The Morgan fingerprint density at radius 2 is 1.90 bits per heavy atom. The maximum atomic E-state index is 13.4. The molecule has 1 saturated carbocycles. The molecule has 1 aromatic heterocycles. The average molecular weight is 391 g/mol. The average Bonchev–Trinajstić information content (AvgIpc) is 3.18. The van der Waals surface area contributed by atoms with Gasteiger partial charge in [0.2, 0.25) is 5.91 Å². The molecule has 0 aliphatic heterocycles. The lowest BCUT2D eigenvalue weighted by atomic mass is 9.83. The van der Waals surface area contributed by atoms with Gasteiger partial charge in [-0.2, -0.15) is 0 Å². The van der Waals surface area contributed by atoms with Gasteiger partial charge < -0.3 is 14.6 Å². The molecule has 0 spiro atoms. The molecule has 1 fully saturated rings. The number of rotatable bonds is 5. The molecular weight excluding hydrogens is 366 g/mol. The Morgan fingerprint density at radius 1 is 1.10 bits per heavy atom. The maximum absolute atomic E-state index is 13.4. The van der Waals surface area contributed by atoms with E-state index in [1.54, 1.807) is 30.6 Å². The van der Waals surface area contributed by atoms with Crippen LogP contribution in [-0.4, -0.2) is 28.5 Å². The summed E-state index contributed by atoms with van der Waals surface area (Å²) in [6.07, 6.45) is 7.31. The highest BCUT2D eigenvalue weighted by molar-refractivity contribution is 5.97. The van der Waals surface area contributed by atoms with Gasteiger partial charge in [0.15, 0.2) is 0 Å². The van der Waals surface area contributed by atoms with Gasteiger partial charge in [-0.25, -0.2) is 9.78 Å². The molecule has 1 unspecified atom stereocenters. The number of nitrogens with zero attached hydrogens (tertiary/aromatic N) is 2. The van der Waals surface area contributed by atoms with Gasteiger partial charge in [-0.1, -0.05) is 37.5 Å². The van der Waals surface area contributed by atoms with Crippen molar-refractivity contribution in [2.45, 2.75) is 38.1 Å². The molecule has 150 valence electrons. The van der Waals surface area contributed by atoms with Crippen LogP contribution in [0.15, 0.2) is 54.9 Å². The zero-order chi connectivity index (χ0) is 20.2. The van der Waals surface area contributed by atoms with Gasteiger partial charge in [0.1, 0.15) is 6.04 Å². The largest absolute Gasteiger partial charge is 0.465 e. The third-order valence-corrected chi connectivity index (χ3v) is 5.70. The summed E-state index contributed by atoms with van der Waals surface area (Å²) in [6.45, 7) is 0. The van der Waals surface area contributed by atoms with Gasteiger partial charge in [0.25, 0.3) is 0 Å². The normalized spacial score (nSPS) is 15.8. The van der Waals surface area contributed by atoms with Crippen LogP contribution in [0.1, 0.15) is 48.5 Å². The van der Waals surface area contributed by atoms with Crippen molar-refractivity contribution < 1.29 is 14.3 Å². The topological polar surface area (TPSA) is 73.2 Å². The molecule has 1 aliphatic rings. The highest BCUT2D eigenvalue weighted by Gasteiger charge is 2.32. The van der Waals surface area contributed by atoms with Crippen LogP contribution < -0.4 is 5.32 Å². The molecule has 1 N–H and O–H groups in total. The van der Waals surface area contributed by atoms with E-state index in [0.717, 1.165) is 36.7 Å². The number of methoxy groups -OCH3 is 1. The van der Waals surface area contributed by atoms with Crippen LogP contribution in [0.25, 0.3) is 11.0 Å². The fraction of sp³-hybridized carbons (Fsp3) is 0.348. The van der Waals surface area contributed by atoms with Crippen LogP contribution in [0.3, 0.4) is 0 Å². The number of amides is 1. The number of aromatic nitrogens is 2. The lowest BCUT2D eigenvalue weighted by Crippen LogP contribution is -2.33. The van der Waals surface area contributed by atoms with Gasteiger partial charge in [-0.15, -0.1) is 0 Å². The molecule has 0 saturated heterocycles. The highest BCUT2D eigenvalue weighted by Crippen LogP contribution is 2.35. The molecule has 6 heteroatoms.